The molecule has 0 saturated carbocycles. The van der Waals surface area contributed by atoms with Crippen molar-refractivity contribution in [3.05, 3.63) is 53.9 Å². The molecule has 0 amide bonds. The van der Waals surface area contributed by atoms with Crippen LogP contribution >= 0.6 is 0 Å². The number of aliphatic hydroxyl groups is 1. The molecule has 3 heteroatoms. The standard InChI is InChI=1S/C11H12N2O/c14-11(10-7-12-13-8-10)6-9-4-2-1-3-5-9/h1-5,7-8,11,14H,6H2,(H,12,13). The minimum atomic E-state index is -0.476. The average molecular weight is 188 g/mol. The lowest BCUT2D eigenvalue weighted by Crippen LogP contribution is -1.99. The van der Waals surface area contributed by atoms with E-state index in [9.17, 15) is 5.11 Å². The molecule has 0 fully saturated rings. The third-order valence-electron chi connectivity index (χ3n) is 2.18. The van der Waals surface area contributed by atoms with Crippen LogP contribution in [0.3, 0.4) is 0 Å². The Hall–Kier alpha value is -1.61. The number of hydrogen-bond donors (Lipinski definition) is 2. The Morgan fingerprint density at radius 1 is 1.29 bits per heavy atom. The average Bonchev–Trinajstić information content (AvgIpc) is 2.72. The maximum Gasteiger partial charge on any atom is 0.0860 e. The molecule has 72 valence electrons. The summed E-state index contributed by atoms with van der Waals surface area (Å²) in [5, 5.41) is 16.3. The second-order valence-electron chi connectivity index (χ2n) is 3.24. The largest absolute Gasteiger partial charge is 0.388 e. The molecule has 2 N–H and O–H groups in total. The number of hydrogen-bond acceptors (Lipinski definition) is 2. The minimum Gasteiger partial charge on any atom is -0.388 e. The van der Waals surface area contributed by atoms with E-state index < -0.39 is 6.10 Å². The first-order chi connectivity index (χ1) is 6.86. The zero-order chi connectivity index (χ0) is 9.80. The number of benzene rings is 1. The van der Waals surface area contributed by atoms with E-state index in [1.54, 1.807) is 12.4 Å². The first-order valence-corrected chi connectivity index (χ1v) is 4.57. The quantitative estimate of drug-likeness (QED) is 0.770. The Kier molecular flexibility index (Phi) is 2.60. The Morgan fingerprint density at radius 2 is 2.07 bits per heavy atom. The summed E-state index contributed by atoms with van der Waals surface area (Å²) < 4.78 is 0. The number of rotatable bonds is 3. The van der Waals surface area contributed by atoms with Crippen molar-refractivity contribution in [3.63, 3.8) is 0 Å². The number of aliphatic hydroxyl groups excluding tert-OH is 1. The molecule has 0 aliphatic carbocycles. The fourth-order valence-electron chi connectivity index (χ4n) is 1.40. The Balaban J connectivity index is 2.06. The molecule has 1 aromatic carbocycles. The third-order valence-corrected chi connectivity index (χ3v) is 2.18. The van der Waals surface area contributed by atoms with Gasteiger partial charge < -0.3 is 5.11 Å². The molecule has 0 saturated heterocycles. The van der Waals surface area contributed by atoms with Gasteiger partial charge in [0, 0.05) is 18.2 Å². The molecule has 0 bridgehead atoms. The van der Waals surface area contributed by atoms with E-state index in [0.717, 1.165) is 11.1 Å². The van der Waals surface area contributed by atoms with Crippen LogP contribution in [0, 0.1) is 0 Å². The molecule has 0 aliphatic heterocycles. The van der Waals surface area contributed by atoms with Gasteiger partial charge in [0.1, 0.15) is 0 Å². The van der Waals surface area contributed by atoms with E-state index in [0.29, 0.717) is 6.42 Å². The summed E-state index contributed by atoms with van der Waals surface area (Å²) in [6, 6.07) is 9.91. The van der Waals surface area contributed by atoms with Crippen LogP contribution in [0.25, 0.3) is 0 Å². The van der Waals surface area contributed by atoms with E-state index in [4.69, 9.17) is 0 Å². The van der Waals surface area contributed by atoms with Crippen LogP contribution in [0.1, 0.15) is 17.2 Å². The van der Waals surface area contributed by atoms with Crippen molar-refractivity contribution in [2.75, 3.05) is 0 Å². The monoisotopic (exact) mass is 188 g/mol. The van der Waals surface area contributed by atoms with E-state index in [-0.39, 0.29) is 0 Å². The minimum absolute atomic E-state index is 0.476. The number of aromatic nitrogens is 2. The maximum absolute atomic E-state index is 9.80. The van der Waals surface area contributed by atoms with Gasteiger partial charge in [0.15, 0.2) is 0 Å². The Labute approximate surface area is 82.4 Å². The molecule has 3 nitrogen and oxygen atoms in total. The molecule has 2 aromatic rings. The third kappa shape index (κ3) is 2.00. The first-order valence-electron chi connectivity index (χ1n) is 4.57. The van der Waals surface area contributed by atoms with Crippen molar-refractivity contribution in [1.82, 2.24) is 10.2 Å². The molecule has 1 aromatic heterocycles. The molecular weight excluding hydrogens is 176 g/mol. The van der Waals surface area contributed by atoms with Gasteiger partial charge in [-0.3, -0.25) is 5.10 Å². The summed E-state index contributed by atoms with van der Waals surface area (Å²) in [7, 11) is 0. The van der Waals surface area contributed by atoms with Gasteiger partial charge in [-0.2, -0.15) is 5.10 Å². The molecule has 0 aliphatic rings. The number of nitrogens with zero attached hydrogens (tertiary/aromatic N) is 1. The second kappa shape index (κ2) is 4.07. The maximum atomic E-state index is 9.80. The van der Waals surface area contributed by atoms with Crippen molar-refractivity contribution >= 4 is 0 Å². The molecular formula is C11H12N2O. The summed E-state index contributed by atoms with van der Waals surface area (Å²) in [6.07, 6.45) is 3.51. The molecule has 1 unspecified atom stereocenters. The van der Waals surface area contributed by atoms with Crippen LogP contribution in [0.15, 0.2) is 42.7 Å². The van der Waals surface area contributed by atoms with Gasteiger partial charge in [-0.1, -0.05) is 30.3 Å². The summed E-state index contributed by atoms with van der Waals surface area (Å²) in [6.45, 7) is 0. The Bertz CT molecular complexity index is 369. The molecule has 1 atom stereocenters. The van der Waals surface area contributed by atoms with Crippen LogP contribution in [0.2, 0.25) is 0 Å². The highest BCUT2D eigenvalue weighted by Crippen LogP contribution is 2.16. The van der Waals surface area contributed by atoms with E-state index in [2.05, 4.69) is 10.2 Å². The lowest BCUT2D eigenvalue weighted by molar-refractivity contribution is 0.178. The summed E-state index contributed by atoms with van der Waals surface area (Å²) in [4.78, 5) is 0. The van der Waals surface area contributed by atoms with Crippen molar-refractivity contribution < 1.29 is 5.11 Å². The van der Waals surface area contributed by atoms with Gasteiger partial charge in [0.05, 0.1) is 12.3 Å². The SMILES string of the molecule is OC(Cc1ccccc1)c1cn[nH]c1. The van der Waals surface area contributed by atoms with E-state index in [1.807, 2.05) is 30.3 Å². The number of nitrogens with one attached hydrogen (secondary N) is 1. The molecule has 0 spiro atoms. The van der Waals surface area contributed by atoms with E-state index in [1.165, 1.54) is 0 Å². The summed E-state index contributed by atoms with van der Waals surface area (Å²) in [5.74, 6) is 0. The highest BCUT2D eigenvalue weighted by molar-refractivity contribution is 5.18. The number of aromatic amines is 1. The summed E-state index contributed by atoms with van der Waals surface area (Å²) in [5.41, 5.74) is 1.95. The highest BCUT2D eigenvalue weighted by Gasteiger charge is 2.08. The molecule has 1 heterocycles. The molecule has 2 rings (SSSR count). The van der Waals surface area contributed by atoms with Crippen molar-refractivity contribution in [3.8, 4) is 0 Å². The zero-order valence-corrected chi connectivity index (χ0v) is 7.72. The van der Waals surface area contributed by atoms with Crippen molar-refractivity contribution in [2.24, 2.45) is 0 Å². The van der Waals surface area contributed by atoms with Gasteiger partial charge in [0.25, 0.3) is 0 Å². The van der Waals surface area contributed by atoms with E-state index >= 15 is 0 Å². The van der Waals surface area contributed by atoms with Crippen LogP contribution in [-0.2, 0) is 6.42 Å². The van der Waals surface area contributed by atoms with Gasteiger partial charge >= 0.3 is 0 Å². The second-order valence-corrected chi connectivity index (χ2v) is 3.24. The predicted molar refractivity (Wildman–Crippen MR) is 53.7 cm³/mol. The molecule has 0 radical (unpaired) electrons. The fourth-order valence-corrected chi connectivity index (χ4v) is 1.40. The predicted octanol–water partition coefficient (Wildman–Crippen LogP) is 1.69. The van der Waals surface area contributed by atoms with Crippen LogP contribution in [0.5, 0.6) is 0 Å². The van der Waals surface area contributed by atoms with Crippen LogP contribution in [0.4, 0.5) is 0 Å². The lowest BCUT2D eigenvalue weighted by atomic mass is 10.0. The molecule has 14 heavy (non-hydrogen) atoms. The normalized spacial score (nSPS) is 12.6. The lowest BCUT2D eigenvalue weighted by Gasteiger charge is -2.07. The Morgan fingerprint density at radius 3 is 2.71 bits per heavy atom. The van der Waals surface area contributed by atoms with Crippen LogP contribution < -0.4 is 0 Å². The van der Waals surface area contributed by atoms with Crippen molar-refractivity contribution in [1.29, 1.82) is 0 Å². The van der Waals surface area contributed by atoms with Gasteiger partial charge in [0.2, 0.25) is 0 Å². The van der Waals surface area contributed by atoms with Crippen molar-refractivity contribution in [2.45, 2.75) is 12.5 Å². The summed E-state index contributed by atoms with van der Waals surface area (Å²) >= 11 is 0. The smallest absolute Gasteiger partial charge is 0.0860 e. The number of H-pyrrole nitrogens is 1. The zero-order valence-electron chi connectivity index (χ0n) is 7.72. The van der Waals surface area contributed by atoms with Gasteiger partial charge in [-0.25, -0.2) is 0 Å². The van der Waals surface area contributed by atoms with Gasteiger partial charge in [-0.15, -0.1) is 0 Å². The topological polar surface area (TPSA) is 48.9 Å². The first kappa shape index (κ1) is 8.97. The van der Waals surface area contributed by atoms with Crippen LogP contribution in [-0.4, -0.2) is 15.3 Å². The highest BCUT2D eigenvalue weighted by atomic mass is 16.3. The fraction of sp³-hybridized carbons (Fsp3) is 0.182. The van der Waals surface area contributed by atoms with Gasteiger partial charge in [-0.05, 0) is 5.56 Å².